The largest absolute Gasteiger partial charge is 0.370 e. The quantitative estimate of drug-likeness (QED) is 0.795. The first-order chi connectivity index (χ1) is 8.17. The molecule has 1 heterocycles. The first kappa shape index (κ1) is 13.5. The van der Waals surface area contributed by atoms with E-state index < -0.39 is 0 Å². The van der Waals surface area contributed by atoms with Crippen LogP contribution < -0.4 is 10.6 Å². The molecule has 1 aromatic rings. The third kappa shape index (κ3) is 4.43. The van der Waals surface area contributed by atoms with Crippen LogP contribution in [0.1, 0.15) is 37.7 Å². The van der Waals surface area contributed by atoms with Crippen LogP contribution in [-0.4, -0.2) is 24.0 Å². The van der Waals surface area contributed by atoms with E-state index in [1.54, 1.807) is 6.07 Å². The fourth-order valence-corrected chi connectivity index (χ4v) is 1.34. The van der Waals surface area contributed by atoms with E-state index in [1.165, 1.54) is 0 Å². The van der Waals surface area contributed by atoms with E-state index >= 15 is 0 Å². The summed E-state index contributed by atoms with van der Waals surface area (Å²) < 4.78 is 0. The molecule has 2 N–H and O–H groups in total. The van der Waals surface area contributed by atoms with E-state index in [0.29, 0.717) is 18.2 Å². The Labute approximate surface area is 103 Å². The van der Waals surface area contributed by atoms with Gasteiger partial charge in [-0.3, -0.25) is 4.79 Å². The van der Waals surface area contributed by atoms with E-state index in [1.807, 2.05) is 19.1 Å². The van der Waals surface area contributed by atoms with Crippen molar-refractivity contribution in [2.24, 2.45) is 5.92 Å². The minimum atomic E-state index is -0.106. The summed E-state index contributed by atoms with van der Waals surface area (Å²) in [6.07, 6.45) is 1.06. The van der Waals surface area contributed by atoms with Crippen molar-refractivity contribution in [3.63, 3.8) is 0 Å². The van der Waals surface area contributed by atoms with Crippen molar-refractivity contribution in [3.8, 4) is 0 Å². The van der Waals surface area contributed by atoms with Crippen molar-refractivity contribution >= 4 is 11.7 Å². The van der Waals surface area contributed by atoms with Gasteiger partial charge in [-0.2, -0.15) is 0 Å². The van der Waals surface area contributed by atoms with Crippen LogP contribution in [0.15, 0.2) is 18.2 Å². The molecule has 1 unspecified atom stereocenters. The van der Waals surface area contributed by atoms with Gasteiger partial charge in [-0.15, -0.1) is 0 Å². The van der Waals surface area contributed by atoms with E-state index in [2.05, 4.69) is 29.5 Å². The van der Waals surface area contributed by atoms with Crippen molar-refractivity contribution in [1.29, 1.82) is 0 Å². The van der Waals surface area contributed by atoms with Gasteiger partial charge in [-0.05, 0) is 25.0 Å². The minimum Gasteiger partial charge on any atom is -0.370 e. The summed E-state index contributed by atoms with van der Waals surface area (Å²) in [5.74, 6) is 1.13. The maximum Gasteiger partial charge on any atom is 0.269 e. The third-order valence-corrected chi connectivity index (χ3v) is 2.65. The summed E-state index contributed by atoms with van der Waals surface area (Å²) in [7, 11) is 0. The number of anilines is 1. The predicted molar refractivity (Wildman–Crippen MR) is 70.2 cm³/mol. The number of pyridine rings is 1. The summed E-state index contributed by atoms with van der Waals surface area (Å²) in [5, 5.41) is 5.98. The van der Waals surface area contributed by atoms with Crippen LogP contribution in [0.25, 0.3) is 0 Å². The Morgan fingerprint density at radius 3 is 2.82 bits per heavy atom. The van der Waals surface area contributed by atoms with Gasteiger partial charge in [0, 0.05) is 13.1 Å². The molecular weight excluding hydrogens is 214 g/mol. The normalized spacial score (nSPS) is 11.9. The third-order valence-electron chi connectivity index (χ3n) is 2.65. The molecule has 0 aliphatic rings. The van der Waals surface area contributed by atoms with Crippen molar-refractivity contribution in [1.82, 2.24) is 10.3 Å². The molecule has 0 aliphatic carbocycles. The molecule has 0 aromatic carbocycles. The highest BCUT2D eigenvalue weighted by molar-refractivity contribution is 5.92. The number of carbonyl (C=O) groups excluding carboxylic acids is 1. The molecule has 0 radical (unpaired) electrons. The Morgan fingerprint density at radius 2 is 2.18 bits per heavy atom. The number of nitrogens with zero attached hydrogens (tertiary/aromatic N) is 1. The first-order valence-electron chi connectivity index (χ1n) is 6.16. The molecule has 17 heavy (non-hydrogen) atoms. The highest BCUT2D eigenvalue weighted by Crippen LogP contribution is 2.05. The highest BCUT2D eigenvalue weighted by Gasteiger charge is 2.08. The van der Waals surface area contributed by atoms with Gasteiger partial charge in [0.2, 0.25) is 0 Å². The zero-order valence-corrected chi connectivity index (χ0v) is 10.8. The van der Waals surface area contributed by atoms with Crippen LogP contribution in [0, 0.1) is 5.92 Å². The summed E-state index contributed by atoms with van der Waals surface area (Å²) in [4.78, 5) is 16.1. The van der Waals surface area contributed by atoms with Gasteiger partial charge in [-0.1, -0.05) is 26.3 Å². The van der Waals surface area contributed by atoms with E-state index in [9.17, 15) is 4.79 Å². The summed E-state index contributed by atoms with van der Waals surface area (Å²) >= 11 is 0. The molecule has 0 aliphatic heterocycles. The molecule has 0 fully saturated rings. The molecule has 94 valence electrons. The van der Waals surface area contributed by atoms with Crippen molar-refractivity contribution in [2.75, 3.05) is 18.4 Å². The van der Waals surface area contributed by atoms with Gasteiger partial charge in [0.05, 0.1) is 0 Å². The van der Waals surface area contributed by atoms with Crippen LogP contribution in [-0.2, 0) is 0 Å². The van der Waals surface area contributed by atoms with Gasteiger partial charge in [0.1, 0.15) is 11.5 Å². The second kappa shape index (κ2) is 6.89. The lowest BCUT2D eigenvalue weighted by Gasteiger charge is -2.10. The van der Waals surface area contributed by atoms with Crippen LogP contribution in [0.2, 0.25) is 0 Å². The molecule has 0 saturated heterocycles. The number of aromatic nitrogens is 1. The lowest BCUT2D eigenvalue weighted by molar-refractivity contribution is 0.0943. The van der Waals surface area contributed by atoms with Gasteiger partial charge < -0.3 is 10.6 Å². The van der Waals surface area contributed by atoms with Gasteiger partial charge in [0.15, 0.2) is 0 Å². The second-order valence-electron chi connectivity index (χ2n) is 4.16. The Balaban J connectivity index is 2.59. The molecule has 4 nitrogen and oxygen atoms in total. The highest BCUT2D eigenvalue weighted by atomic mass is 16.1. The topological polar surface area (TPSA) is 54.0 Å². The Hall–Kier alpha value is -1.58. The Bertz CT molecular complexity index is 365. The van der Waals surface area contributed by atoms with E-state index in [0.717, 1.165) is 18.8 Å². The van der Waals surface area contributed by atoms with E-state index in [-0.39, 0.29) is 5.91 Å². The number of hydrogen-bond donors (Lipinski definition) is 2. The Kier molecular flexibility index (Phi) is 5.46. The average Bonchev–Trinajstić information content (AvgIpc) is 2.36. The number of nitrogens with one attached hydrogen (secondary N) is 2. The predicted octanol–water partition coefficient (Wildman–Crippen LogP) is 2.29. The molecule has 0 bridgehead atoms. The molecule has 1 amide bonds. The van der Waals surface area contributed by atoms with Crippen LogP contribution >= 0.6 is 0 Å². The second-order valence-corrected chi connectivity index (χ2v) is 4.16. The van der Waals surface area contributed by atoms with Gasteiger partial charge in [-0.25, -0.2) is 4.98 Å². The smallest absolute Gasteiger partial charge is 0.269 e. The zero-order chi connectivity index (χ0) is 12.7. The average molecular weight is 235 g/mol. The fraction of sp³-hybridized carbons (Fsp3) is 0.538. The lowest BCUT2D eigenvalue weighted by atomic mass is 10.1. The SMILES string of the molecule is CCNc1cccc(C(=O)NCC(C)CC)n1. The summed E-state index contributed by atoms with van der Waals surface area (Å²) in [6, 6.07) is 5.42. The number of carbonyl (C=O) groups is 1. The molecule has 4 heteroatoms. The number of rotatable bonds is 6. The maximum absolute atomic E-state index is 11.8. The number of hydrogen-bond acceptors (Lipinski definition) is 3. The standard InChI is InChI=1S/C13H21N3O/c1-4-10(3)9-15-13(17)11-7-6-8-12(16-11)14-5-2/h6-8,10H,4-5,9H2,1-3H3,(H,14,16)(H,15,17). The molecular formula is C13H21N3O. The van der Waals surface area contributed by atoms with Crippen LogP contribution in [0.5, 0.6) is 0 Å². The van der Waals surface area contributed by atoms with Crippen molar-refractivity contribution in [3.05, 3.63) is 23.9 Å². The van der Waals surface area contributed by atoms with Gasteiger partial charge in [0.25, 0.3) is 5.91 Å². The summed E-state index contributed by atoms with van der Waals surface area (Å²) in [5.41, 5.74) is 0.465. The molecule has 1 rings (SSSR count). The molecule has 1 atom stereocenters. The molecule has 0 saturated carbocycles. The number of amides is 1. The maximum atomic E-state index is 11.8. The van der Waals surface area contributed by atoms with Gasteiger partial charge >= 0.3 is 0 Å². The van der Waals surface area contributed by atoms with Crippen LogP contribution in [0.3, 0.4) is 0 Å². The zero-order valence-electron chi connectivity index (χ0n) is 10.8. The Morgan fingerprint density at radius 1 is 1.41 bits per heavy atom. The lowest BCUT2D eigenvalue weighted by Crippen LogP contribution is -2.28. The van der Waals surface area contributed by atoms with E-state index in [4.69, 9.17) is 0 Å². The molecule has 1 aromatic heterocycles. The minimum absolute atomic E-state index is 0.106. The fourth-order valence-electron chi connectivity index (χ4n) is 1.34. The van der Waals surface area contributed by atoms with Crippen molar-refractivity contribution < 1.29 is 4.79 Å². The van der Waals surface area contributed by atoms with Crippen molar-refractivity contribution in [2.45, 2.75) is 27.2 Å². The molecule has 0 spiro atoms. The first-order valence-corrected chi connectivity index (χ1v) is 6.16. The van der Waals surface area contributed by atoms with Crippen LogP contribution in [0.4, 0.5) is 5.82 Å². The monoisotopic (exact) mass is 235 g/mol. The summed E-state index contributed by atoms with van der Waals surface area (Å²) in [6.45, 7) is 7.72.